The minimum Gasteiger partial charge on any atom is -0.364 e. The second kappa shape index (κ2) is 5.42. The number of pyridine rings is 1. The first-order valence-corrected chi connectivity index (χ1v) is 7.45. The van der Waals surface area contributed by atoms with Crippen molar-refractivity contribution >= 4 is 34.4 Å². The van der Waals surface area contributed by atoms with Crippen LogP contribution in [0.4, 0.5) is 11.6 Å². The number of rotatable bonds is 3. The molecule has 1 atom stereocenters. The lowest BCUT2D eigenvalue weighted by atomic mass is 10.2. The molecule has 0 spiro atoms. The zero-order valence-electron chi connectivity index (χ0n) is 11.7. The minimum atomic E-state index is 0.277. The van der Waals surface area contributed by atoms with Crippen molar-refractivity contribution in [1.29, 1.82) is 0 Å². The van der Waals surface area contributed by atoms with E-state index in [9.17, 15) is 0 Å². The van der Waals surface area contributed by atoms with Gasteiger partial charge < -0.3 is 15.2 Å². The molecule has 22 heavy (non-hydrogen) atoms. The van der Waals surface area contributed by atoms with Crippen molar-refractivity contribution < 1.29 is 0 Å². The van der Waals surface area contributed by atoms with Gasteiger partial charge in [0.1, 0.15) is 17.7 Å². The van der Waals surface area contributed by atoms with Gasteiger partial charge in [-0.2, -0.15) is 0 Å². The molecule has 0 radical (unpaired) electrons. The second-order valence-corrected chi connectivity index (χ2v) is 5.62. The number of anilines is 2. The summed E-state index contributed by atoms with van der Waals surface area (Å²) in [5.74, 6) is 1.62. The Balaban J connectivity index is 1.52. The molecule has 1 unspecified atom stereocenters. The summed E-state index contributed by atoms with van der Waals surface area (Å²) in [6, 6.07) is 3.98. The molecule has 0 saturated carbocycles. The quantitative estimate of drug-likeness (QED) is 0.770. The van der Waals surface area contributed by atoms with Crippen LogP contribution in [0.1, 0.15) is 6.42 Å². The van der Waals surface area contributed by atoms with Crippen LogP contribution < -0.4 is 10.2 Å². The molecule has 1 aliphatic heterocycles. The first kappa shape index (κ1) is 13.3. The highest BCUT2D eigenvalue weighted by molar-refractivity contribution is 6.32. The van der Waals surface area contributed by atoms with Gasteiger partial charge in [-0.1, -0.05) is 11.6 Å². The molecule has 3 aromatic heterocycles. The van der Waals surface area contributed by atoms with Crippen LogP contribution in [0.5, 0.6) is 0 Å². The fraction of sp³-hybridized carbons (Fsp3) is 0.286. The summed E-state index contributed by atoms with van der Waals surface area (Å²) < 4.78 is 0. The second-order valence-electron chi connectivity index (χ2n) is 5.21. The first-order valence-electron chi connectivity index (χ1n) is 7.07. The Kier molecular flexibility index (Phi) is 3.27. The maximum absolute atomic E-state index is 6.22. The van der Waals surface area contributed by atoms with E-state index in [2.05, 4.69) is 35.1 Å². The molecule has 0 aliphatic carbocycles. The van der Waals surface area contributed by atoms with E-state index in [1.165, 1.54) is 6.33 Å². The lowest BCUT2D eigenvalue weighted by Crippen LogP contribution is -2.27. The Morgan fingerprint density at radius 1 is 1.27 bits per heavy atom. The third-order valence-corrected chi connectivity index (χ3v) is 4.09. The zero-order valence-corrected chi connectivity index (χ0v) is 12.5. The van der Waals surface area contributed by atoms with Crippen LogP contribution in [0.25, 0.3) is 11.2 Å². The van der Waals surface area contributed by atoms with Crippen molar-refractivity contribution in [1.82, 2.24) is 24.9 Å². The molecule has 0 bridgehead atoms. The number of nitrogens with one attached hydrogen (secondary N) is 2. The Labute approximate surface area is 131 Å². The Hall–Kier alpha value is -2.41. The van der Waals surface area contributed by atoms with E-state index >= 15 is 0 Å². The number of hydrogen-bond acceptors (Lipinski definition) is 6. The van der Waals surface area contributed by atoms with Crippen molar-refractivity contribution in [2.24, 2.45) is 0 Å². The van der Waals surface area contributed by atoms with Gasteiger partial charge in [-0.05, 0) is 18.6 Å². The van der Waals surface area contributed by atoms with Crippen LogP contribution in [0.3, 0.4) is 0 Å². The topological polar surface area (TPSA) is 82.6 Å². The van der Waals surface area contributed by atoms with E-state index in [-0.39, 0.29) is 6.04 Å². The molecular weight excluding hydrogens is 302 g/mol. The van der Waals surface area contributed by atoms with E-state index < -0.39 is 0 Å². The molecule has 8 heteroatoms. The number of halogens is 1. The molecule has 7 nitrogen and oxygen atoms in total. The van der Waals surface area contributed by atoms with Crippen LogP contribution in [0, 0.1) is 0 Å². The van der Waals surface area contributed by atoms with Gasteiger partial charge in [-0.25, -0.2) is 19.9 Å². The summed E-state index contributed by atoms with van der Waals surface area (Å²) in [4.78, 5) is 22.2. The third-order valence-electron chi connectivity index (χ3n) is 3.79. The van der Waals surface area contributed by atoms with E-state index in [1.54, 1.807) is 12.5 Å². The highest BCUT2D eigenvalue weighted by atomic mass is 35.5. The molecule has 3 aromatic rings. The molecule has 1 aliphatic rings. The highest BCUT2D eigenvalue weighted by Crippen LogP contribution is 2.27. The van der Waals surface area contributed by atoms with Gasteiger partial charge in [0.05, 0.1) is 11.3 Å². The molecule has 0 aromatic carbocycles. The lowest BCUT2D eigenvalue weighted by Gasteiger charge is -2.19. The van der Waals surface area contributed by atoms with Crippen LogP contribution in [0.15, 0.2) is 31.0 Å². The van der Waals surface area contributed by atoms with Crippen molar-refractivity contribution in [3.05, 3.63) is 36.0 Å². The number of aromatic amines is 1. The van der Waals surface area contributed by atoms with Gasteiger partial charge in [-0.15, -0.1) is 0 Å². The molecule has 0 amide bonds. The van der Waals surface area contributed by atoms with Gasteiger partial charge in [0, 0.05) is 25.3 Å². The number of imidazole rings is 1. The van der Waals surface area contributed by atoms with Crippen LogP contribution in [0.2, 0.25) is 5.02 Å². The van der Waals surface area contributed by atoms with Crippen molar-refractivity contribution in [2.75, 3.05) is 23.3 Å². The SMILES string of the molecule is Clc1cccnc1N1CCC(Nc2ncnc3nc[nH]c23)C1. The monoisotopic (exact) mass is 315 g/mol. The van der Waals surface area contributed by atoms with Gasteiger partial charge in [-0.3, -0.25) is 0 Å². The van der Waals surface area contributed by atoms with E-state index in [1.807, 2.05) is 12.1 Å². The predicted molar refractivity (Wildman–Crippen MR) is 85.2 cm³/mol. The zero-order chi connectivity index (χ0) is 14.9. The van der Waals surface area contributed by atoms with Crippen molar-refractivity contribution in [3.63, 3.8) is 0 Å². The summed E-state index contributed by atoms with van der Waals surface area (Å²) in [5, 5.41) is 4.14. The lowest BCUT2D eigenvalue weighted by molar-refractivity contribution is 0.800. The molecule has 2 N–H and O–H groups in total. The summed E-state index contributed by atoms with van der Waals surface area (Å²) in [5.41, 5.74) is 1.50. The van der Waals surface area contributed by atoms with Gasteiger partial charge in [0.25, 0.3) is 0 Å². The summed E-state index contributed by atoms with van der Waals surface area (Å²) in [6.45, 7) is 1.74. The number of hydrogen-bond donors (Lipinski definition) is 2. The summed E-state index contributed by atoms with van der Waals surface area (Å²) in [7, 11) is 0. The Morgan fingerprint density at radius 2 is 2.23 bits per heavy atom. The fourth-order valence-corrected chi connectivity index (χ4v) is 2.99. The van der Waals surface area contributed by atoms with Gasteiger partial charge >= 0.3 is 0 Å². The van der Waals surface area contributed by atoms with Crippen molar-refractivity contribution in [2.45, 2.75) is 12.5 Å². The summed E-state index contributed by atoms with van der Waals surface area (Å²) in [6.07, 6.45) is 5.90. The number of H-pyrrole nitrogens is 1. The molecule has 4 rings (SSSR count). The van der Waals surface area contributed by atoms with Crippen LogP contribution in [-0.2, 0) is 0 Å². The molecular formula is C14H14ClN7. The van der Waals surface area contributed by atoms with Crippen molar-refractivity contribution in [3.8, 4) is 0 Å². The highest BCUT2D eigenvalue weighted by Gasteiger charge is 2.25. The maximum atomic E-state index is 6.22. The smallest absolute Gasteiger partial charge is 0.182 e. The minimum absolute atomic E-state index is 0.277. The normalized spacial score (nSPS) is 18.0. The standard InChI is InChI=1S/C14H14ClN7/c15-10-2-1-4-16-14(10)22-5-3-9(6-22)21-13-11-12(18-7-17-11)19-8-20-13/h1-2,4,7-9H,3,5-6H2,(H2,17,18,19,20,21). The van der Waals surface area contributed by atoms with Crippen LogP contribution in [-0.4, -0.2) is 44.1 Å². The molecule has 4 heterocycles. The Bertz CT molecular complexity index is 802. The van der Waals surface area contributed by atoms with Crippen LogP contribution >= 0.6 is 11.6 Å². The third kappa shape index (κ3) is 2.33. The van der Waals surface area contributed by atoms with Gasteiger partial charge in [0.15, 0.2) is 11.5 Å². The average molecular weight is 316 g/mol. The van der Waals surface area contributed by atoms with E-state index in [0.717, 1.165) is 36.7 Å². The molecule has 1 saturated heterocycles. The maximum Gasteiger partial charge on any atom is 0.182 e. The number of fused-ring (bicyclic) bond motifs is 1. The Morgan fingerprint density at radius 3 is 3.14 bits per heavy atom. The van der Waals surface area contributed by atoms with E-state index in [0.29, 0.717) is 10.7 Å². The first-order chi connectivity index (χ1) is 10.8. The fourth-order valence-electron chi connectivity index (χ4n) is 2.75. The molecule has 112 valence electrons. The predicted octanol–water partition coefficient (Wildman–Crippen LogP) is 2.09. The summed E-state index contributed by atoms with van der Waals surface area (Å²) >= 11 is 6.22. The number of aromatic nitrogens is 5. The van der Waals surface area contributed by atoms with Gasteiger partial charge in [0.2, 0.25) is 0 Å². The average Bonchev–Trinajstić information content (AvgIpc) is 3.17. The molecule has 1 fully saturated rings. The van der Waals surface area contributed by atoms with E-state index in [4.69, 9.17) is 11.6 Å². The number of nitrogens with zero attached hydrogens (tertiary/aromatic N) is 5. The largest absolute Gasteiger partial charge is 0.364 e.